The van der Waals surface area contributed by atoms with Gasteiger partial charge in [0.15, 0.2) is 0 Å². The van der Waals surface area contributed by atoms with E-state index in [2.05, 4.69) is 21.2 Å². The van der Waals surface area contributed by atoms with Crippen molar-refractivity contribution in [2.45, 2.75) is 38.6 Å². The van der Waals surface area contributed by atoms with Crippen LogP contribution < -0.4 is 5.32 Å². The van der Waals surface area contributed by atoms with E-state index in [1.807, 2.05) is 30.0 Å². The van der Waals surface area contributed by atoms with E-state index in [1.165, 1.54) is 24.9 Å². The molecule has 0 radical (unpaired) electrons. The Labute approximate surface area is 147 Å². The molecule has 2 saturated heterocycles. The van der Waals surface area contributed by atoms with Crippen LogP contribution in [0.1, 0.15) is 41.6 Å². The molecule has 1 unspecified atom stereocenters. The number of carbonyl (C=O) groups excluding carboxylic acids is 1. The average molecular weight is 388 g/mol. The second kappa shape index (κ2) is 7.80. The Hall–Kier alpha value is -0.580. The Bertz CT molecular complexity index is 523. The number of piperidine rings is 1. The quantitative estimate of drug-likeness (QED) is 0.837. The molecule has 0 saturated carbocycles. The first kappa shape index (κ1) is 17.8. The summed E-state index contributed by atoms with van der Waals surface area (Å²) in [5, 5.41) is 3.61. The van der Waals surface area contributed by atoms with E-state index in [-0.39, 0.29) is 18.3 Å². The molecule has 1 amide bonds. The second-order valence-corrected chi connectivity index (χ2v) is 7.17. The number of nitrogens with zero attached hydrogens (tertiary/aromatic N) is 1. The number of aryl methyl sites for hydroxylation is 1. The fraction of sp³-hybridized carbons (Fsp3) is 0.588. The summed E-state index contributed by atoms with van der Waals surface area (Å²) in [5.74, 6) is 0.915. The molecule has 2 fully saturated rings. The summed E-state index contributed by atoms with van der Waals surface area (Å²) in [5.41, 5.74) is 1.96. The molecule has 1 N–H and O–H groups in total. The van der Waals surface area contributed by atoms with Gasteiger partial charge in [-0.1, -0.05) is 6.07 Å². The highest BCUT2D eigenvalue weighted by molar-refractivity contribution is 9.10. The maximum absolute atomic E-state index is 12.6. The monoisotopic (exact) mass is 386 g/mol. The highest BCUT2D eigenvalue weighted by Crippen LogP contribution is 2.27. The molecule has 0 aromatic heterocycles. The van der Waals surface area contributed by atoms with Gasteiger partial charge in [0, 0.05) is 23.6 Å². The second-order valence-electron chi connectivity index (χ2n) is 6.32. The van der Waals surface area contributed by atoms with Crippen molar-refractivity contribution in [1.82, 2.24) is 10.2 Å². The van der Waals surface area contributed by atoms with Gasteiger partial charge in [0.05, 0.1) is 5.56 Å². The van der Waals surface area contributed by atoms with E-state index in [0.29, 0.717) is 6.04 Å². The zero-order valence-corrected chi connectivity index (χ0v) is 15.4. The van der Waals surface area contributed by atoms with Crippen molar-refractivity contribution in [2.24, 2.45) is 5.92 Å². The molecule has 1 aromatic carbocycles. The van der Waals surface area contributed by atoms with Gasteiger partial charge in [0.2, 0.25) is 0 Å². The number of halogens is 2. The van der Waals surface area contributed by atoms with E-state index in [9.17, 15) is 4.79 Å². The fourth-order valence-electron chi connectivity index (χ4n) is 3.58. The van der Waals surface area contributed by atoms with Crippen LogP contribution in [0, 0.1) is 12.8 Å². The van der Waals surface area contributed by atoms with E-state index in [0.717, 1.165) is 41.9 Å². The topological polar surface area (TPSA) is 32.3 Å². The predicted molar refractivity (Wildman–Crippen MR) is 95.8 cm³/mol. The lowest BCUT2D eigenvalue weighted by molar-refractivity contribution is 0.0673. The van der Waals surface area contributed by atoms with Crippen LogP contribution in [0.2, 0.25) is 0 Å². The van der Waals surface area contributed by atoms with Gasteiger partial charge in [-0.05, 0) is 78.7 Å². The maximum atomic E-state index is 12.6. The smallest absolute Gasteiger partial charge is 0.254 e. The third kappa shape index (κ3) is 3.84. The molecular formula is C17H24BrClN2O. The predicted octanol–water partition coefficient (Wildman–Crippen LogP) is 3.78. The summed E-state index contributed by atoms with van der Waals surface area (Å²) in [6.45, 7) is 4.99. The van der Waals surface area contributed by atoms with Crippen LogP contribution in [0.15, 0.2) is 22.7 Å². The third-order valence-corrected chi connectivity index (χ3v) is 5.51. The van der Waals surface area contributed by atoms with Crippen LogP contribution in [0.25, 0.3) is 0 Å². The fourth-order valence-corrected chi connectivity index (χ4v) is 4.25. The first-order chi connectivity index (χ1) is 10.1. The van der Waals surface area contributed by atoms with Crippen LogP contribution in [-0.4, -0.2) is 36.5 Å². The van der Waals surface area contributed by atoms with Crippen molar-refractivity contribution < 1.29 is 4.79 Å². The molecule has 3 rings (SSSR count). The number of hydrogen-bond donors (Lipinski definition) is 1. The molecule has 5 heteroatoms. The molecule has 0 aliphatic carbocycles. The molecule has 122 valence electrons. The normalized spacial score (nSPS) is 22.5. The molecule has 0 spiro atoms. The van der Waals surface area contributed by atoms with E-state index in [4.69, 9.17) is 0 Å². The third-order valence-electron chi connectivity index (χ3n) is 4.85. The van der Waals surface area contributed by atoms with E-state index in [1.54, 1.807) is 0 Å². The van der Waals surface area contributed by atoms with Crippen molar-refractivity contribution in [1.29, 1.82) is 0 Å². The number of rotatable bonds is 2. The molecule has 1 atom stereocenters. The number of amides is 1. The minimum absolute atomic E-state index is 0. The Morgan fingerprint density at radius 2 is 2.00 bits per heavy atom. The average Bonchev–Trinajstić information content (AvgIpc) is 3.01. The van der Waals surface area contributed by atoms with Gasteiger partial charge in [-0.2, -0.15) is 0 Å². The van der Waals surface area contributed by atoms with Crippen LogP contribution in [0.4, 0.5) is 0 Å². The van der Waals surface area contributed by atoms with E-state index < -0.39 is 0 Å². The van der Waals surface area contributed by atoms with Crippen LogP contribution in [0.3, 0.4) is 0 Å². The zero-order chi connectivity index (χ0) is 14.8. The van der Waals surface area contributed by atoms with Gasteiger partial charge in [-0.15, -0.1) is 12.4 Å². The van der Waals surface area contributed by atoms with Crippen molar-refractivity contribution in [3.05, 3.63) is 33.8 Å². The summed E-state index contributed by atoms with van der Waals surface area (Å²) < 4.78 is 0.909. The number of carbonyl (C=O) groups is 1. The number of nitrogens with one attached hydrogen (secondary N) is 1. The van der Waals surface area contributed by atoms with Crippen molar-refractivity contribution >= 4 is 34.2 Å². The lowest BCUT2D eigenvalue weighted by atomic mass is 9.88. The Balaban J connectivity index is 0.00000176. The number of likely N-dealkylation sites (tertiary alicyclic amines) is 1. The van der Waals surface area contributed by atoms with Gasteiger partial charge < -0.3 is 10.2 Å². The lowest BCUT2D eigenvalue weighted by Gasteiger charge is -2.35. The molecule has 2 aliphatic heterocycles. The summed E-state index contributed by atoms with van der Waals surface area (Å²) >= 11 is 3.52. The summed E-state index contributed by atoms with van der Waals surface area (Å²) in [6.07, 6.45) is 4.88. The van der Waals surface area contributed by atoms with Gasteiger partial charge in [-0.3, -0.25) is 4.79 Å². The number of benzene rings is 1. The summed E-state index contributed by atoms with van der Waals surface area (Å²) in [7, 11) is 0. The SMILES string of the molecule is Cc1ccc(C(=O)N2CCC(C3CCCN3)CC2)c(Br)c1.Cl. The molecule has 22 heavy (non-hydrogen) atoms. The van der Waals surface area contributed by atoms with Gasteiger partial charge in [0.25, 0.3) is 5.91 Å². The first-order valence-electron chi connectivity index (χ1n) is 7.94. The first-order valence-corrected chi connectivity index (χ1v) is 8.73. The van der Waals surface area contributed by atoms with Crippen LogP contribution >= 0.6 is 28.3 Å². The molecule has 3 nitrogen and oxygen atoms in total. The summed E-state index contributed by atoms with van der Waals surface area (Å²) in [4.78, 5) is 14.7. The Morgan fingerprint density at radius 1 is 1.27 bits per heavy atom. The van der Waals surface area contributed by atoms with Crippen molar-refractivity contribution in [3.63, 3.8) is 0 Å². The Morgan fingerprint density at radius 3 is 2.59 bits per heavy atom. The molecular weight excluding hydrogens is 364 g/mol. The Kier molecular flexibility index (Phi) is 6.30. The highest BCUT2D eigenvalue weighted by atomic mass is 79.9. The van der Waals surface area contributed by atoms with Gasteiger partial charge >= 0.3 is 0 Å². The maximum Gasteiger partial charge on any atom is 0.254 e. The minimum Gasteiger partial charge on any atom is -0.339 e. The standard InChI is InChI=1S/C17H23BrN2O.ClH/c1-12-4-5-14(15(18)11-12)17(21)20-9-6-13(7-10-20)16-3-2-8-19-16;/h4-5,11,13,16,19H,2-3,6-10H2,1H3;1H. The van der Waals surface area contributed by atoms with Crippen LogP contribution in [-0.2, 0) is 0 Å². The summed E-state index contributed by atoms with van der Waals surface area (Å²) in [6, 6.07) is 6.65. The van der Waals surface area contributed by atoms with Crippen molar-refractivity contribution in [2.75, 3.05) is 19.6 Å². The molecule has 1 aromatic rings. The van der Waals surface area contributed by atoms with E-state index >= 15 is 0 Å². The molecule has 2 heterocycles. The largest absolute Gasteiger partial charge is 0.339 e. The van der Waals surface area contributed by atoms with Gasteiger partial charge in [0.1, 0.15) is 0 Å². The van der Waals surface area contributed by atoms with Crippen molar-refractivity contribution in [3.8, 4) is 0 Å². The minimum atomic E-state index is 0. The van der Waals surface area contributed by atoms with Crippen LogP contribution in [0.5, 0.6) is 0 Å². The zero-order valence-electron chi connectivity index (χ0n) is 13.0. The lowest BCUT2D eigenvalue weighted by Crippen LogP contribution is -2.43. The van der Waals surface area contributed by atoms with Gasteiger partial charge in [-0.25, -0.2) is 0 Å². The highest BCUT2D eigenvalue weighted by Gasteiger charge is 2.30. The molecule has 0 bridgehead atoms. The number of hydrogen-bond acceptors (Lipinski definition) is 2. The molecule has 2 aliphatic rings.